The molecule has 4 saturated heterocycles. The molecule has 2 aromatic heterocycles. The minimum atomic E-state index is -3.63. The number of likely N-dealkylation sites (tertiary alicyclic amines) is 1. The summed E-state index contributed by atoms with van der Waals surface area (Å²) in [5.41, 5.74) is 0. The van der Waals surface area contributed by atoms with Crippen LogP contribution in [0.2, 0.25) is 0 Å². The second kappa shape index (κ2) is 20.4. The van der Waals surface area contributed by atoms with Gasteiger partial charge in [-0.1, -0.05) is 49.2 Å². The number of thiophene rings is 2. The third-order valence-corrected chi connectivity index (χ3v) is 18.4. The first-order valence-electron chi connectivity index (χ1n) is 21.0. The lowest BCUT2D eigenvalue weighted by atomic mass is 10.0. The molecule has 0 spiro atoms. The third-order valence-electron chi connectivity index (χ3n) is 12.2. The molecule has 2 aromatic carbocycles. The Labute approximate surface area is 361 Å². The first-order valence-corrected chi connectivity index (χ1v) is 25.6. The van der Waals surface area contributed by atoms with E-state index in [0.29, 0.717) is 35.3 Å². The fourth-order valence-electron chi connectivity index (χ4n) is 8.83. The number of carbonyl (C=O) groups is 2. The molecular weight excluding hydrogens is 847 g/mol. The second-order valence-corrected chi connectivity index (χ2v) is 21.6. The van der Waals surface area contributed by atoms with Gasteiger partial charge in [0.05, 0.1) is 13.2 Å². The van der Waals surface area contributed by atoms with Gasteiger partial charge in [0.15, 0.2) is 0 Å². The number of carboxylic acids is 1. The lowest BCUT2D eigenvalue weighted by molar-refractivity contribution is -0.142. The number of carbonyl (C=O) groups excluding carboxylic acids is 1. The van der Waals surface area contributed by atoms with Crippen LogP contribution in [0.25, 0.3) is 20.2 Å². The number of nitrogens with zero attached hydrogens (tertiary/aromatic N) is 5. The quantitative estimate of drug-likeness (QED) is 0.187. The van der Waals surface area contributed by atoms with Crippen LogP contribution in [0.3, 0.4) is 0 Å². The van der Waals surface area contributed by atoms with Crippen LogP contribution in [-0.4, -0.2) is 161 Å². The summed E-state index contributed by atoms with van der Waals surface area (Å²) in [6.07, 6.45) is 7.38. The number of aliphatic carboxylic acids is 1. The topological polar surface area (TPSA) is 157 Å². The Morgan fingerprint density at radius 2 is 1.13 bits per heavy atom. The molecule has 0 saturated carbocycles. The van der Waals surface area contributed by atoms with Gasteiger partial charge < -0.3 is 24.4 Å². The molecule has 4 aromatic rings. The highest BCUT2D eigenvalue weighted by Gasteiger charge is 2.37. The van der Waals surface area contributed by atoms with E-state index in [2.05, 4.69) is 16.8 Å². The second-order valence-electron chi connectivity index (χ2n) is 16.1. The van der Waals surface area contributed by atoms with E-state index in [1.807, 2.05) is 53.4 Å². The maximum atomic E-state index is 13.6. The molecule has 4 fully saturated rings. The molecule has 14 nitrogen and oxygen atoms in total. The van der Waals surface area contributed by atoms with Gasteiger partial charge >= 0.3 is 5.97 Å². The predicted octanol–water partition coefficient (Wildman–Crippen LogP) is 5.25. The Morgan fingerprint density at radius 3 is 1.63 bits per heavy atom. The van der Waals surface area contributed by atoms with Crippen LogP contribution >= 0.6 is 22.7 Å². The van der Waals surface area contributed by atoms with E-state index in [4.69, 9.17) is 14.6 Å². The molecule has 2 unspecified atom stereocenters. The Balaban J connectivity index is 0.000000197. The third kappa shape index (κ3) is 10.6. The van der Waals surface area contributed by atoms with Crippen molar-refractivity contribution in [3.05, 3.63) is 59.3 Å². The number of carboxylic acid groups (broad SMARTS) is 1. The minimum absolute atomic E-state index is 0.00655. The molecule has 8 rings (SSSR count). The number of sulfonamides is 2. The molecule has 0 bridgehead atoms. The van der Waals surface area contributed by atoms with E-state index < -0.39 is 32.6 Å². The Hall–Kier alpha value is -3.04. The molecule has 328 valence electrons. The summed E-state index contributed by atoms with van der Waals surface area (Å²) < 4.78 is 69.5. The van der Waals surface area contributed by atoms with Crippen molar-refractivity contribution < 1.29 is 41.0 Å². The highest BCUT2D eigenvalue weighted by Crippen LogP contribution is 2.35. The standard InChI is InChI=1S/C26H38N4O4S2.C16H19NO5S2/c1-27-12-9-21(10-13-27)28-14-16-29(17-15-28)26(31)19-34-18-22-6-4-5-11-30(22)36(32,33)25-20-35-24-8-3-2-7-23(24)25;18-16(19)10-22-9-12-5-3-4-8-17(12)24(20,21)15-11-23-14-7-2-1-6-13(14)15/h2-3,7-8,20-22H,4-6,9-19H2,1H3;1-2,6-7,11-12H,3-5,8-10H2,(H,18,19). The molecular formula is C42H57N5O9S4. The van der Waals surface area contributed by atoms with Crippen LogP contribution in [0.4, 0.5) is 0 Å². The number of ether oxygens (including phenoxy) is 2. The van der Waals surface area contributed by atoms with Gasteiger partial charge in [-0.2, -0.15) is 8.61 Å². The molecule has 1 amide bonds. The number of amides is 1. The zero-order chi connectivity index (χ0) is 42.3. The largest absolute Gasteiger partial charge is 0.480 e. The molecule has 0 aliphatic carbocycles. The van der Waals surface area contributed by atoms with Crippen LogP contribution in [0.1, 0.15) is 51.4 Å². The Morgan fingerprint density at radius 1 is 0.650 bits per heavy atom. The van der Waals surface area contributed by atoms with Crippen molar-refractivity contribution in [3.63, 3.8) is 0 Å². The maximum Gasteiger partial charge on any atom is 0.329 e. The molecule has 2 atom stereocenters. The molecule has 0 radical (unpaired) electrons. The number of hydrogen-bond donors (Lipinski definition) is 1. The van der Waals surface area contributed by atoms with Gasteiger partial charge in [0, 0.05) is 88.3 Å². The fourth-order valence-corrected chi connectivity index (χ4v) is 15.1. The first-order chi connectivity index (χ1) is 28.9. The summed E-state index contributed by atoms with van der Waals surface area (Å²) >= 11 is 2.87. The molecule has 1 N–H and O–H groups in total. The van der Waals surface area contributed by atoms with Crippen LogP contribution < -0.4 is 0 Å². The Bertz CT molecular complexity index is 2290. The average molecular weight is 904 g/mol. The number of hydrogen-bond acceptors (Lipinski definition) is 12. The lowest BCUT2D eigenvalue weighted by Gasteiger charge is -2.42. The predicted molar refractivity (Wildman–Crippen MR) is 235 cm³/mol. The highest BCUT2D eigenvalue weighted by molar-refractivity contribution is 7.89. The van der Waals surface area contributed by atoms with Crippen molar-refractivity contribution >= 4 is 74.8 Å². The van der Waals surface area contributed by atoms with Crippen molar-refractivity contribution in [2.75, 3.05) is 85.8 Å². The van der Waals surface area contributed by atoms with E-state index in [1.165, 1.54) is 39.8 Å². The molecule has 4 aliphatic heterocycles. The van der Waals surface area contributed by atoms with Crippen molar-refractivity contribution in [1.82, 2.24) is 23.3 Å². The van der Waals surface area contributed by atoms with Gasteiger partial charge in [-0.15, -0.1) is 22.7 Å². The van der Waals surface area contributed by atoms with Crippen molar-refractivity contribution in [2.45, 2.75) is 79.3 Å². The van der Waals surface area contributed by atoms with Crippen LogP contribution in [0, 0.1) is 0 Å². The van der Waals surface area contributed by atoms with Crippen molar-refractivity contribution in [1.29, 1.82) is 0 Å². The van der Waals surface area contributed by atoms with Crippen molar-refractivity contribution in [2.24, 2.45) is 0 Å². The van der Waals surface area contributed by atoms with E-state index in [1.54, 1.807) is 15.1 Å². The van der Waals surface area contributed by atoms with Gasteiger partial charge in [0.1, 0.15) is 23.0 Å². The summed E-state index contributed by atoms with van der Waals surface area (Å²) in [5, 5.41) is 13.6. The smallest absolute Gasteiger partial charge is 0.329 e. The zero-order valence-electron chi connectivity index (χ0n) is 34.2. The number of benzene rings is 2. The Kier molecular flexibility index (Phi) is 15.3. The number of piperazine rings is 1. The molecule has 60 heavy (non-hydrogen) atoms. The SMILES string of the molecule is CN1CCC(N2CCN(C(=O)COCC3CCCCN3S(=O)(=O)c3csc4ccccc34)CC2)CC1.O=C(O)COCC1CCCCN1S(=O)(=O)c1csc2ccccc12. The molecule has 18 heteroatoms. The van der Waals surface area contributed by atoms with Gasteiger partial charge in [-0.25, -0.2) is 21.6 Å². The van der Waals surface area contributed by atoms with Crippen LogP contribution in [-0.2, 0) is 39.1 Å². The summed E-state index contributed by atoms with van der Waals surface area (Å²) in [5.74, 6) is -1.05. The minimum Gasteiger partial charge on any atom is -0.480 e. The molecule has 6 heterocycles. The van der Waals surface area contributed by atoms with Crippen LogP contribution in [0.5, 0.6) is 0 Å². The first kappa shape index (κ1) is 45.0. The number of rotatable bonds is 13. The van der Waals surface area contributed by atoms with Crippen LogP contribution in [0.15, 0.2) is 69.1 Å². The monoisotopic (exact) mass is 903 g/mol. The fraction of sp³-hybridized carbons (Fsp3) is 0.571. The summed E-state index contributed by atoms with van der Waals surface area (Å²) in [6, 6.07) is 15.2. The van der Waals surface area contributed by atoms with Gasteiger partial charge in [-0.3, -0.25) is 9.69 Å². The van der Waals surface area contributed by atoms with E-state index >= 15 is 0 Å². The zero-order valence-corrected chi connectivity index (χ0v) is 37.5. The normalized spacial score (nSPS) is 22.2. The van der Waals surface area contributed by atoms with Gasteiger partial charge in [0.2, 0.25) is 26.0 Å². The van der Waals surface area contributed by atoms with E-state index in [9.17, 15) is 26.4 Å². The van der Waals surface area contributed by atoms with E-state index in [0.717, 1.165) is 91.5 Å². The maximum absolute atomic E-state index is 13.6. The number of piperidine rings is 3. The van der Waals surface area contributed by atoms with Crippen molar-refractivity contribution in [3.8, 4) is 0 Å². The average Bonchev–Trinajstić information content (AvgIpc) is 3.91. The van der Waals surface area contributed by atoms with E-state index in [-0.39, 0.29) is 37.8 Å². The number of fused-ring (bicyclic) bond motifs is 2. The lowest BCUT2D eigenvalue weighted by Crippen LogP contribution is -2.54. The molecule has 4 aliphatic rings. The van der Waals surface area contributed by atoms with Gasteiger partial charge in [0.25, 0.3) is 0 Å². The highest BCUT2D eigenvalue weighted by atomic mass is 32.2. The summed E-state index contributed by atoms with van der Waals surface area (Å²) in [7, 11) is -5.08. The summed E-state index contributed by atoms with van der Waals surface area (Å²) in [4.78, 5) is 31.0. The van der Waals surface area contributed by atoms with Gasteiger partial charge in [-0.05, 0) is 70.8 Å². The summed E-state index contributed by atoms with van der Waals surface area (Å²) in [6.45, 7) is 6.51.